The number of anilines is 1. The van der Waals surface area contributed by atoms with Crippen molar-refractivity contribution in [2.45, 2.75) is 13.3 Å². The lowest BCUT2D eigenvalue weighted by Gasteiger charge is -2.17. The highest BCUT2D eigenvalue weighted by molar-refractivity contribution is 9.10. The molecular formula is C11H14Br2N2. The Morgan fingerprint density at radius 3 is 3.00 bits per heavy atom. The second-order valence-electron chi connectivity index (χ2n) is 4.05. The molecule has 0 aromatic carbocycles. The van der Waals surface area contributed by atoms with Gasteiger partial charge in [0.1, 0.15) is 5.82 Å². The van der Waals surface area contributed by atoms with Gasteiger partial charge in [-0.15, -0.1) is 0 Å². The molecule has 0 N–H and O–H groups in total. The molecule has 2 rings (SSSR count). The van der Waals surface area contributed by atoms with Crippen LogP contribution in [0.3, 0.4) is 0 Å². The summed E-state index contributed by atoms with van der Waals surface area (Å²) < 4.78 is 1.09. The Kier molecular flexibility index (Phi) is 3.67. The first kappa shape index (κ1) is 11.4. The summed E-state index contributed by atoms with van der Waals surface area (Å²) in [6, 6.07) is 2.15. The molecule has 0 amide bonds. The fourth-order valence-corrected chi connectivity index (χ4v) is 2.61. The minimum Gasteiger partial charge on any atom is -0.356 e. The molecule has 2 nitrogen and oxygen atoms in total. The Morgan fingerprint density at radius 2 is 2.40 bits per heavy atom. The van der Waals surface area contributed by atoms with E-state index < -0.39 is 0 Å². The van der Waals surface area contributed by atoms with Gasteiger partial charge in [-0.1, -0.05) is 15.9 Å². The van der Waals surface area contributed by atoms with Crippen molar-refractivity contribution < 1.29 is 0 Å². The quantitative estimate of drug-likeness (QED) is 0.771. The summed E-state index contributed by atoms with van der Waals surface area (Å²) in [7, 11) is 0. The van der Waals surface area contributed by atoms with Crippen LogP contribution >= 0.6 is 31.9 Å². The Balaban J connectivity index is 2.13. The highest BCUT2D eigenvalue weighted by Crippen LogP contribution is 2.25. The van der Waals surface area contributed by atoms with Crippen LogP contribution in [0.4, 0.5) is 5.82 Å². The van der Waals surface area contributed by atoms with Gasteiger partial charge in [0.2, 0.25) is 0 Å². The third-order valence-corrected chi connectivity index (χ3v) is 4.61. The minimum atomic E-state index is 0.774. The smallest absolute Gasteiger partial charge is 0.128 e. The predicted molar refractivity (Wildman–Crippen MR) is 70.8 cm³/mol. The lowest BCUT2D eigenvalue weighted by molar-refractivity contribution is 0.675. The molecule has 0 radical (unpaired) electrons. The van der Waals surface area contributed by atoms with Gasteiger partial charge >= 0.3 is 0 Å². The van der Waals surface area contributed by atoms with E-state index in [1.807, 2.05) is 6.20 Å². The van der Waals surface area contributed by atoms with Crippen LogP contribution in [0, 0.1) is 12.8 Å². The van der Waals surface area contributed by atoms with E-state index in [-0.39, 0.29) is 0 Å². The first-order chi connectivity index (χ1) is 7.20. The van der Waals surface area contributed by atoms with Crippen molar-refractivity contribution in [1.29, 1.82) is 0 Å². The van der Waals surface area contributed by atoms with Gasteiger partial charge < -0.3 is 4.90 Å². The highest BCUT2D eigenvalue weighted by Gasteiger charge is 2.22. The zero-order valence-electron chi connectivity index (χ0n) is 8.71. The molecule has 1 atom stereocenters. The van der Waals surface area contributed by atoms with Crippen LogP contribution < -0.4 is 4.90 Å². The molecule has 1 aliphatic heterocycles. The van der Waals surface area contributed by atoms with Crippen molar-refractivity contribution in [3.05, 3.63) is 22.3 Å². The first-order valence-electron chi connectivity index (χ1n) is 5.13. The SMILES string of the molecule is Cc1cc(N2CCC(CBr)C2)ncc1Br. The van der Waals surface area contributed by atoms with Crippen LogP contribution in [0.1, 0.15) is 12.0 Å². The summed E-state index contributed by atoms with van der Waals surface area (Å²) in [5.74, 6) is 1.88. The molecule has 0 saturated carbocycles. The second kappa shape index (κ2) is 4.83. The number of hydrogen-bond donors (Lipinski definition) is 0. The zero-order chi connectivity index (χ0) is 10.8. The van der Waals surface area contributed by atoms with Crippen molar-refractivity contribution >= 4 is 37.7 Å². The molecule has 0 bridgehead atoms. The summed E-state index contributed by atoms with van der Waals surface area (Å²) in [5.41, 5.74) is 1.25. The van der Waals surface area contributed by atoms with Gasteiger partial charge in [0.05, 0.1) is 0 Å². The van der Waals surface area contributed by atoms with Crippen molar-refractivity contribution in [3.63, 3.8) is 0 Å². The Morgan fingerprint density at radius 1 is 1.60 bits per heavy atom. The first-order valence-corrected chi connectivity index (χ1v) is 7.05. The molecule has 0 spiro atoms. The Bertz CT molecular complexity index is 354. The molecule has 15 heavy (non-hydrogen) atoms. The summed E-state index contributed by atoms with van der Waals surface area (Å²) in [6.07, 6.45) is 3.16. The maximum atomic E-state index is 4.45. The van der Waals surface area contributed by atoms with Gasteiger partial charge in [0, 0.05) is 29.1 Å². The molecule has 1 aliphatic rings. The maximum absolute atomic E-state index is 4.45. The number of pyridine rings is 1. The van der Waals surface area contributed by atoms with E-state index in [1.165, 1.54) is 12.0 Å². The second-order valence-corrected chi connectivity index (χ2v) is 5.55. The van der Waals surface area contributed by atoms with E-state index in [0.29, 0.717) is 0 Å². The molecule has 1 aromatic heterocycles. The zero-order valence-corrected chi connectivity index (χ0v) is 11.9. The average Bonchev–Trinajstić information content (AvgIpc) is 2.70. The summed E-state index contributed by atoms with van der Waals surface area (Å²) in [5, 5.41) is 1.10. The van der Waals surface area contributed by atoms with E-state index in [4.69, 9.17) is 0 Å². The Hall–Kier alpha value is -0.0900. The molecule has 0 aliphatic carbocycles. The summed E-state index contributed by atoms with van der Waals surface area (Å²) in [4.78, 5) is 6.82. The lowest BCUT2D eigenvalue weighted by Crippen LogP contribution is -2.21. The standard InChI is InChI=1S/C11H14Br2N2/c1-8-4-11(14-6-10(8)13)15-3-2-9(5-12)7-15/h4,6,9H,2-3,5,7H2,1H3. The van der Waals surface area contributed by atoms with Gasteiger partial charge in [-0.25, -0.2) is 4.98 Å². The van der Waals surface area contributed by atoms with Crippen molar-refractivity contribution in [1.82, 2.24) is 4.98 Å². The maximum Gasteiger partial charge on any atom is 0.128 e. The van der Waals surface area contributed by atoms with Crippen molar-refractivity contribution in [2.75, 3.05) is 23.3 Å². The van der Waals surface area contributed by atoms with Crippen LogP contribution in [0.25, 0.3) is 0 Å². The molecule has 1 aromatic rings. The number of aromatic nitrogens is 1. The number of nitrogens with zero attached hydrogens (tertiary/aromatic N) is 2. The summed E-state index contributed by atoms with van der Waals surface area (Å²) >= 11 is 7.02. The van der Waals surface area contributed by atoms with Crippen molar-refractivity contribution in [2.24, 2.45) is 5.92 Å². The average molecular weight is 334 g/mol. The van der Waals surface area contributed by atoms with E-state index in [2.05, 4.69) is 54.7 Å². The topological polar surface area (TPSA) is 16.1 Å². The lowest BCUT2D eigenvalue weighted by atomic mass is 10.2. The number of hydrogen-bond acceptors (Lipinski definition) is 2. The van der Waals surface area contributed by atoms with E-state index >= 15 is 0 Å². The fraction of sp³-hybridized carbons (Fsp3) is 0.545. The highest BCUT2D eigenvalue weighted by atomic mass is 79.9. The predicted octanol–water partition coefficient (Wildman–Crippen LogP) is 3.37. The monoisotopic (exact) mass is 332 g/mol. The fourth-order valence-electron chi connectivity index (χ4n) is 1.86. The van der Waals surface area contributed by atoms with Gasteiger partial charge in [-0.2, -0.15) is 0 Å². The number of aryl methyl sites for hydroxylation is 1. The molecule has 1 unspecified atom stereocenters. The summed E-state index contributed by atoms with van der Waals surface area (Å²) in [6.45, 7) is 4.36. The molecule has 4 heteroatoms. The molecule has 2 heterocycles. The van der Waals surface area contributed by atoms with Crippen LogP contribution in [0.15, 0.2) is 16.7 Å². The molecule has 82 valence electrons. The number of rotatable bonds is 2. The van der Waals surface area contributed by atoms with Crippen molar-refractivity contribution in [3.8, 4) is 0 Å². The van der Waals surface area contributed by atoms with Crippen LogP contribution in [0.5, 0.6) is 0 Å². The Labute approximate surface area is 107 Å². The van der Waals surface area contributed by atoms with Gasteiger partial charge in [0.15, 0.2) is 0 Å². The minimum absolute atomic E-state index is 0.774. The number of halogens is 2. The van der Waals surface area contributed by atoms with E-state index in [1.54, 1.807) is 0 Å². The van der Waals surface area contributed by atoms with Crippen LogP contribution in [-0.4, -0.2) is 23.4 Å². The largest absolute Gasteiger partial charge is 0.356 e. The normalized spacial score (nSPS) is 21.0. The van der Waals surface area contributed by atoms with Gasteiger partial charge in [-0.3, -0.25) is 0 Å². The molecular weight excluding hydrogens is 320 g/mol. The van der Waals surface area contributed by atoms with E-state index in [9.17, 15) is 0 Å². The van der Waals surface area contributed by atoms with Crippen LogP contribution in [0.2, 0.25) is 0 Å². The van der Waals surface area contributed by atoms with Gasteiger partial charge in [-0.05, 0) is 46.8 Å². The number of alkyl halides is 1. The molecule has 1 saturated heterocycles. The molecule has 1 fully saturated rings. The van der Waals surface area contributed by atoms with E-state index in [0.717, 1.165) is 34.6 Å². The van der Waals surface area contributed by atoms with Crippen LogP contribution in [-0.2, 0) is 0 Å². The van der Waals surface area contributed by atoms with Gasteiger partial charge in [0.25, 0.3) is 0 Å². The third kappa shape index (κ3) is 2.53. The third-order valence-electron chi connectivity index (χ3n) is 2.86.